The molecule has 0 atom stereocenters. The molecule has 0 spiro atoms. The SMILES string of the molecule is O=C(O)C1CCN(c2nc(C3CC3)nc3c2CCC3)CC1. The standard InChI is InChI=1S/C16H21N3O2/c20-16(21)11-6-8-19(9-7-11)15-12-2-1-3-13(12)17-14(18-15)10-4-5-10/h10-11H,1-9H2,(H,20,21). The van der Waals surface area contributed by atoms with Crippen LogP contribution in [0.25, 0.3) is 0 Å². The summed E-state index contributed by atoms with van der Waals surface area (Å²) in [5.41, 5.74) is 2.58. The average Bonchev–Trinajstić information content (AvgIpc) is 3.24. The molecule has 5 heteroatoms. The molecular weight excluding hydrogens is 266 g/mol. The molecule has 0 bridgehead atoms. The lowest BCUT2D eigenvalue weighted by Crippen LogP contribution is -2.37. The van der Waals surface area contributed by atoms with Crippen molar-refractivity contribution in [2.45, 2.75) is 50.9 Å². The van der Waals surface area contributed by atoms with E-state index in [4.69, 9.17) is 15.1 Å². The van der Waals surface area contributed by atoms with Crippen LogP contribution in [0.4, 0.5) is 5.82 Å². The van der Waals surface area contributed by atoms with Gasteiger partial charge in [0.15, 0.2) is 0 Å². The van der Waals surface area contributed by atoms with Gasteiger partial charge < -0.3 is 10.0 Å². The Hall–Kier alpha value is -1.65. The van der Waals surface area contributed by atoms with E-state index in [0.29, 0.717) is 5.92 Å². The van der Waals surface area contributed by atoms with Gasteiger partial charge in [-0.1, -0.05) is 0 Å². The summed E-state index contributed by atoms with van der Waals surface area (Å²) in [5, 5.41) is 9.13. The number of carboxylic acid groups (broad SMARTS) is 1. The molecule has 21 heavy (non-hydrogen) atoms. The molecule has 1 saturated carbocycles. The Kier molecular flexibility index (Phi) is 3.08. The molecule has 1 aromatic rings. The third-order valence-electron chi connectivity index (χ3n) is 5.01. The van der Waals surface area contributed by atoms with Crippen LogP contribution in [0.1, 0.15) is 55.1 Å². The second kappa shape index (κ2) is 4.97. The smallest absolute Gasteiger partial charge is 0.306 e. The van der Waals surface area contributed by atoms with Crippen molar-refractivity contribution in [2.75, 3.05) is 18.0 Å². The van der Waals surface area contributed by atoms with Crippen molar-refractivity contribution in [3.8, 4) is 0 Å². The highest BCUT2D eigenvalue weighted by atomic mass is 16.4. The predicted molar refractivity (Wildman–Crippen MR) is 78.6 cm³/mol. The third-order valence-corrected chi connectivity index (χ3v) is 5.01. The first-order valence-corrected chi connectivity index (χ1v) is 8.10. The first-order valence-electron chi connectivity index (χ1n) is 8.10. The fourth-order valence-corrected chi connectivity index (χ4v) is 3.56. The summed E-state index contributed by atoms with van der Waals surface area (Å²) >= 11 is 0. The van der Waals surface area contributed by atoms with E-state index in [-0.39, 0.29) is 5.92 Å². The molecule has 2 aliphatic carbocycles. The molecule has 3 aliphatic rings. The Balaban J connectivity index is 1.61. The minimum atomic E-state index is -0.652. The van der Waals surface area contributed by atoms with Crippen molar-refractivity contribution in [1.29, 1.82) is 0 Å². The molecule has 1 N–H and O–H groups in total. The number of piperidine rings is 1. The molecule has 0 unspecified atom stereocenters. The van der Waals surface area contributed by atoms with E-state index in [0.717, 1.165) is 50.4 Å². The highest BCUT2D eigenvalue weighted by molar-refractivity contribution is 5.70. The van der Waals surface area contributed by atoms with E-state index >= 15 is 0 Å². The van der Waals surface area contributed by atoms with Gasteiger partial charge in [0.1, 0.15) is 11.6 Å². The van der Waals surface area contributed by atoms with Gasteiger partial charge in [-0.2, -0.15) is 0 Å². The number of anilines is 1. The number of fused-ring (bicyclic) bond motifs is 1. The van der Waals surface area contributed by atoms with Gasteiger partial charge in [0.25, 0.3) is 0 Å². The Morgan fingerprint density at radius 2 is 1.86 bits per heavy atom. The van der Waals surface area contributed by atoms with E-state index in [1.54, 1.807) is 0 Å². The lowest BCUT2D eigenvalue weighted by atomic mass is 9.97. The van der Waals surface area contributed by atoms with Crippen LogP contribution >= 0.6 is 0 Å². The van der Waals surface area contributed by atoms with Crippen molar-refractivity contribution in [3.63, 3.8) is 0 Å². The van der Waals surface area contributed by atoms with Crippen molar-refractivity contribution in [2.24, 2.45) is 5.92 Å². The van der Waals surface area contributed by atoms with Gasteiger partial charge in [0.2, 0.25) is 0 Å². The van der Waals surface area contributed by atoms with Crippen LogP contribution in [0.2, 0.25) is 0 Å². The molecule has 2 heterocycles. The number of carbonyl (C=O) groups is 1. The third kappa shape index (κ3) is 2.39. The van der Waals surface area contributed by atoms with Gasteiger partial charge in [-0.3, -0.25) is 4.79 Å². The molecule has 0 aromatic carbocycles. The maximum absolute atomic E-state index is 11.1. The lowest BCUT2D eigenvalue weighted by molar-refractivity contribution is -0.142. The zero-order valence-corrected chi connectivity index (χ0v) is 12.2. The van der Waals surface area contributed by atoms with E-state index < -0.39 is 5.97 Å². The Morgan fingerprint density at radius 1 is 1.10 bits per heavy atom. The van der Waals surface area contributed by atoms with Gasteiger partial charge >= 0.3 is 5.97 Å². The molecule has 0 amide bonds. The van der Waals surface area contributed by atoms with Gasteiger partial charge in [-0.15, -0.1) is 0 Å². The number of carboxylic acids is 1. The number of aromatic nitrogens is 2. The zero-order chi connectivity index (χ0) is 14.4. The minimum absolute atomic E-state index is 0.181. The number of aryl methyl sites for hydroxylation is 1. The van der Waals surface area contributed by atoms with Crippen molar-refractivity contribution >= 4 is 11.8 Å². The molecular formula is C16H21N3O2. The van der Waals surface area contributed by atoms with Crippen LogP contribution in [0, 0.1) is 5.92 Å². The number of hydrogen-bond donors (Lipinski definition) is 1. The molecule has 5 nitrogen and oxygen atoms in total. The summed E-state index contributed by atoms with van der Waals surface area (Å²) in [6.45, 7) is 1.62. The quantitative estimate of drug-likeness (QED) is 0.922. The summed E-state index contributed by atoms with van der Waals surface area (Å²) in [5.74, 6) is 1.89. The first-order chi connectivity index (χ1) is 10.2. The molecule has 1 saturated heterocycles. The average molecular weight is 287 g/mol. The predicted octanol–water partition coefficient (Wildman–Crippen LogP) is 2.14. The second-order valence-corrected chi connectivity index (χ2v) is 6.56. The molecule has 1 aliphatic heterocycles. The first kappa shape index (κ1) is 13.0. The molecule has 112 valence electrons. The summed E-state index contributed by atoms with van der Waals surface area (Å²) in [6, 6.07) is 0. The van der Waals surface area contributed by atoms with Crippen molar-refractivity contribution in [1.82, 2.24) is 9.97 Å². The fraction of sp³-hybridized carbons (Fsp3) is 0.688. The van der Waals surface area contributed by atoms with E-state index in [9.17, 15) is 4.79 Å². The Labute approximate surface area is 124 Å². The number of nitrogens with zero attached hydrogens (tertiary/aromatic N) is 3. The van der Waals surface area contributed by atoms with Crippen molar-refractivity contribution in [3.05, 3.63) is 17.1 Å². The van der Waals surface area contributed by atoms with Gasteiger partial charge in [0, 0.05) is 30.3 Å². The maximum Gasteiger partial charge on any atom is 0.306 e. The number of aliphatic carboxylic acids is 1. The van der Waals surface area contributed by atoms with Gasteiger partial charge in [0.05, 0.1) is 5.92 Å². The van der Waals surface area contributed by atoms with Crippen molar-refractivity contribution < 1.29 is 9.90 Å². The molecule has 1 aromatic heterocycles. The largest absolute Gasteiger partial charge is 0.481 e. The summed E-state index contributed by atoms with van der Waals surface area (Å²) in [4.78, 5) is 23.0. The van der Waals surface area contributed by atoms with Crippen LogP contribution in [-0.2, 0) is 17.6 Å². The van der Waals surface area contributed by atoms with Crippen LogP contribution in [0.15, 0.2) is 0 Å². The highest BCUT2D eigenvalue weighted by Gasteiger charge is 2.32. The summed E-state index contributed by atoms with van der Waals surface area (Å²) in [6.07, 6.45) is 7.24. The molecule has 4 rings (SSSR count). The monoisotopic (exact) mass is 287 g/mol. The highest BCUT2D eigenvalue weighted by Crippen LogP contribution is 2.41. The Bertz CT molecular complexity index is 575. The lowest BCUT2D eigenvalue weighted by Gasteiger charge is -2.32. The van der Waals surface area contributed by atoms with E-state index in [2.05, 4.69) is 4.90 Å². The van der Waals surface area contributed by atoms with Gasteiger partial charge in [-0.25, -0.2) is 9.97 Å². The molecule has 0 radical (unpaired) electrons. The van der Waals surface area contributed by atoms with Gasteiger partial charge in [-0.05, 0) is 44.9 Å². The summed E-state index contributed by atoms with van der Waals surface area (Å²) in [7, 11) is 0. The molecule has 2 fully saturated rings. The maximum atomic E-state index is 11.1. The summed E-state index contributed by atoms with van der Waals surface area (Å²) < 4.78 is 0. The topological polar surface area (TPSA) is 66.3 Å². The van der Waals surface area contributed by atoms with Crippen LogP contribution < -0.4 is 4.90 Å². The van der Waals surface area contributed by atoms with E-state index in [1.165, 1.54) is 30.5 Å². The normalized spacial score (nSPS) is 22.4. The second-order valence-electron chi connectivity index (χ2n) is 6.56. The Morgan fingerprint density at radius 3 is 2.52 bits per heavy atom. The fourth-order valence-electron chi connectivity index (χ4n) is 3.56. The van der Waals surface area contributed by atoms with Crippen LogP contribution in [-0.4, -0.2) is 34.1 Å². The minimum Gasteiger partial charge on any atom is -0.481 e. The van der Waals surface area contributed by atoms with Crippen LogP contribution in [0.5, 0.6) is 0 Å². The number of rotatable bonds is 3. The zero-order valence-electron chi connectivity index (χ0n) is 12.2. The van der Waals surface area contributed by atoms with Crippen LogP contribution in [0.3, 0.4) is 0 Å². The number of hydrogen-bond acceptors (Lipinski definition) is 4. The van der Waals surface area contributed by atoms with E-state index in [1.807, 2.05) is 0 Å².